The lowest BCUT2D eigenvalue weighted by Gasteiger charge is -2.00. The molecule has 7 nitrogen and oxygen atoms in total. The van der Waals surface area contributed by atoms with E-state index in [0.29, 0.717) is 6.54 Å². The number of aromatic nitrogens is 3. The van der Waals surface area contributed by atoms with Crippen LogP contribution in [0.25, 0.3) is 0 Å². The zero-order valence-corrected chi connectivity index (χ0v) is 9.30. The maximum atomic E-state index is 11.6. The van der Waals surface area contributed by atoms with Crippen molar-refractivity contribution < 1.29 is 14.7 Å². The molecule has 0 unspecified atom stereocenters. The van der Waals surface area contributed by atoms with Gasteiger partial charge in [0.25, 0.3) is 5.91 Å². The first kappa shape index (κ1) is 11.6. The molecule has 1 heterocycles. The first-order chi connectivity index (χ1) is 8.15. The number of hydrogen-bond donors (Lipinski definition) is 2. The van der Waals surface area contributed by atoms with Crippen LogP contribution in [0.4, 0.5) is 0 Å². The summed E-state index contributed by atoms with van der Waals surface area (Å²) in [5, 5.41) is 18.4. The topological polar surface area (TPSA) is 97.1 Å². The van der Waals surface area contributed by atoms with Crippen LogP contribution in [0.1, 0.15) is 29.8 Å². The third kappa shape index (κ3) is 3.54. The SMILES string of the molecule is O=C(O)Cn1cc(C(=O)NCCC2CC2)nn1. The fourth-order valence-electron chi connectivity index (χ4n) is 1.51. The van der Waals surface area contributed by atoms with Gasteiger partial charge < -0.3 is 10.4 Å². The van der Waals surface area contributed by atoms with Crippen LogP contribution in [-0.2, 0) is 11.3 Å². The molecule has 0 aliphatic heterocycles. The summed E-state index contributed by atoms with van der Waals surface area (Å²) in [5.41, 5.74) is 0.155. The highest BCUT2D eigenvalue weighted by Crippen LogP contribution is 2.31. The average Bonchev–Trinajstić information content (AvgIpc) is 2.96. The van der Waals surface area contributed by atoms with Gasteiger partial charge >= 0.3 is 5.97 Å². The van der Waals surface area contributed by atoms with E-state index in [9.17, 15) is 9.59 Å². The van der Waals surface area contributed by atoms with E-state index < -0.39 is 5.97 Å². The molecule has 0 radical (unpaired) electrons. The molecule has 7 heteroatoms. The van der Waals surface area contributed by atoms with Gasteiger partial charge in [-0.2, -0.15) is 0 Å². The molecule has 1 aliphatic carbocycles. The molecule has 0 aromatic carbocycles. The second kappa shape index (κ2) is 4.94. The van der Waals surface area contributed by atoms with Gasteiger partial charge in [-0.05, 0) is 12.3 Å². The standard InChI is InChI=1S/C10H14N4O3/c15-9(16)6-14-5-8(12-13-14)10(17)11-4-3-7-1-2-7/h5,7H,1-4,6H2,(H,11,17)(H,15,16). The van der Waals surface area contributed by atoms with Gasteiger partial charge in [-0.1, -0.05) is 18.1 Å². The molecule has 2 N–H and O–H groups in total. The van der Waals surface area contributed by atoms with Crippen molar-refractivity contribution in [3.8, 4) is 0 Å². The van der Waals surface area contributed by atoms with Crippen molar-refractivity contribution in [2.45, 2.75) is 25.8 Å². The number of carboxylic acids is 1. The van der Waals surface area contributed by atoms with Crippen molar-refractivity contribution in [3.63, 3.8) is 0 Å². The molecular formula is C10H14N4O3. The number of nitrogens with one attached hydrogen (secondary N) is 1. The zero-order chi connectivity index (χ0) is 12.3. The highest BCUT2D eigenvalue weighted by Gasteiger charge is 2.21. The van der Waals surface area contributed by atoms with Gasteiger partial charge in [0.2, 0.25) is 0 Å². The monoisotopic (exact) mass is 238 g/mol. The number of carbonyl (C=O) groups excluding carboxylic acids is 1. The van der Waals surface area contributed by atoms with Crippen LogP contribution < -0.4 is 5.32 Å². The van der Waals surface area contributed by atoms with Gasteiger partial charge in [-0.15, -0.1) is 5.10 Å². The van der Waals surface area contributed by atoms with Gasteiger partial charge in [0, 0.05) is 6.54 Å². The van der Waals surface area contributed by atoms with E-state index in [1.54, 1.807) is 0 Å². The Labute approximate surface area is 97.8 Å². The Morgan fingerprint density at radius 3 is 2.94 bits per heavy atom. The Bertz CT molecular complexity index is 425. The van der Waals surface area contributed by atoms with Crippen molar-refractivity contribution >= 4 is 11.9 Å². The Morgan fingerprint density at radius 2 is 2.29 bits per heavy atom. The van der Waals surface area contributed by atoms with Crippen molar-refractivity contribution in [2.24, 2.45) is 5.92 Å². The lowest BCUT2D eigenvalue weighted by Crippen LogP contribution is -2.25. The Morgan fingerprint density at radius 1 is 1.53 bits per heavy atom. The van der Waals surface area contributed by atoms with Crippen LogP contribution in [-0.4, -0.2) is 38.5 Å². The van der Waals surface area contributed by atoms with Crippen LogP contribution >= 0.6 is 0 Å². The number of carboxylic acid groups (broad SMARTS) is 1. The summed E-state index contributed by atoms with van der Waals surface area (Å²) >= 11 is 0. The average molecular weight is 238 g/mol. The number of aliphatic carboxylic acids is 1. The summed E-state index contributed by atoms with van der Waals surface area (Å²) in [4.78, 5) is 22.0. The third-order valence-corrected chi connectivity index (χ3v) is 2.60. The molecule has 1 aromatic heterocycles. The fourth-order valence-corrected chi connectivity index (χ4v) is 1.51. The maximum Gasteiger partial charge on any atom is 0.325 e. The van der Waals surface area contributed by atoms with Crippen LogP contribution in [0.5, 0.6) is 0 Å². The van der Waals surface area contributed by atoms with Crippen LogP contribution in [0.2, 0.25) is 0 Å². The molecule has 0 spiro atoms. The molecular weight excluding hydrogens is 224 g/mol. The molecule has 17 heavy (non-hydrogen) atoms. The van der Waals surface area contributed by atoms with E-state index in [0.717, 1.165) is 17.0 Å². The van der Waals surface area contributed by atoms with Crippen molar-refractivity contribution in [2.75, 3.05) is 6.54 Å². The number of carbonyl (C=O) groups is 2. The minimum absolute atomic E-state index is 0.155. The zero-order valence-electron chi connectivity index (χ0n) is 9.30. The molecule has 1 amide bonds. The largest absolute Gasteiger partial charge is 0.480 e. The van der Waals surface area contributed by atoms with E-state index >= 15 is 0 Å². The first-order valence-electron chi connectivity index (χ1n) is 5.55. The molecule has 1 saturated carbocycles. The van der Waals surface area contributed by atoms with Crippen LogP contribution in [0.15, 0.2) is 6.20 Å². The second-order valence-corrected chi connectivity index (χ2v) is 4.18. The van der Waals surface area contributed by atoms with Crippen LogP contribution in [0.3, 0.4) is 0 Å². The van der Waals surface area contributed by atoms with E-state index in [1.807, 2.05) is 0 Å². The van der Waals surface area contributed by atoms with E-state index in [-0.39, 0.29) is 18.1 Å². The lowest BCUT2D eigenvalue weighted by molar-refractivity contribution is -0.137. The highest BCUT2D eigenvalue weighted by molar-refractivity contribution is 5.91. The van der Waals surface area contributed by atoms with Gasteiger partial charge in [-0.25, -0.2) is 4.68 Å². The summed E-state index contributed by atoms with van der Waals surface area (Å²) in [7, 11) is 0. The molecule has 0 bridgehead atoms. The maximum absolute atomic E-state index is 11.6. The molecule has 1 aliphatic rings. The van der Waals surface area contributed by atoms with Gasteiger partial charge in [0.15, 0.2) is 5.69 Å². The summed E-state index contributed by atoms with van der Waals surface area (Å²) in [5.74, 6) is -0.559. The Kier molecular flexibility index (Phi) is 3.36. The summed E-state index contributed by atoms with van der Waals surface area (Å²) in [6.45, 7) is 0.345. The van der Waals surface area contributed by atoms with Gasteiger partial charge in [0.05, 0.1) is 6.20 Å². The predicted molar refractivity (Wildman–Crippen MR) is 57.3 cm³/mol. The predicted octanol–water partition coefficient (Wildman–Crippen LogP) is -0.107. The fraction of sp³-hybridized carbons (Fsp3) is 0.600. The number of hydrogen-bond acceptors (Lipinski definition) is 4. The van der Waals surface area contributed by atoms with E-state index in [4.69, 9.17) is 5.11 Å². The molecule has 92 valence electrons. The van der Waals surface area contributed by atoms with E-state index in [1.165, 1.54) is 19.0 Å². The smallest absolute Gasteiger partial charge is 0.325 e. The van der Waals surface area contributed by atoms with E-state index in [2.05, 4.69) is 15.6 Å². The highest BCUT2D eigenvalue weighted by atomic mass is 16.4. The minimum Gasteiger partial charge on any atom is -0.480 e. The number of rotatable bonds is 6. The van der Waals surface area contributed by atoms with Crippen LogP contribution in [0, 0.1) is 5.92 Å². The molecule has 2 rings (SSSR count). The van der Waals surface area contributed by atoms with Gasteiger partial charge in [-0.3, -0.25) is 9.59 Å². The van der Waals surface area contributed by atoms with Gasteiger partial charge in [0.1, 0.15) is 6.54 Å². The first-order valence-corrected chi connectivity index (χ1v) is 5.55. The molecule has 1 fully saturated rings. The molecule has 1 aromatic rings. The van der Waals surface area contributed by atoms with Crippen molar-refractivity contribution in [1.29, 1.82) is 0 Å². The van der Waals surface area contributed by atoms with Crippen molar-refractivity contribution in [1.82, 2.24) is 20.3 Å². The summed E-state index contributed by atoms with van der Waals surface area (Å²) in [6.07, 6.45) is 4.84. The second-order valence-electron chi connectivity index (χ2n) is 4.18. The summed E-state index contributed by atoms with van der Waals surface area (Å²) < 4.78 is 1.12. The lowest BCUT2D eigenvalue weighted by atomic mass is 10.3. The molecule has 0 saturated heterocycles. The minimum atomic E-state index is -1.02. The Hall–Kier alpha value is -1.92. The van der Waals surface area contributed by atoms with Crippen molar-refractivity contribution in [3.05, 3.63) is 11.9 Å². The third-order valence-electron chi connectivity index (χ3n) is 2.60. The quantitative estimate of drug-likeness (QED) is 0.720. The number of amides is 1. The summed E-state index contributed by atoms with van der Waals surface area (Å²) in [6, 6.07) is 0. The normalized spacial score (nSPS) is 14.6. The molecule has 0 atom stereocenters. The Balaban J connectivity index is 1.80. The number of nitrogens with zero attached hydrogens (tertiary/aromatic N) is 3.